The number of ether oxygens (including phenoxy) is 1. The molecule has 2 atom stereocenters. The van der Waals surface area contributed by atoms with Gasteiger partial charge < -0.3 is 9.84 Å². The zero-order valence-electron chi connectivity index (χ0n) is 12.7. The lowest BCUT2D eigenvalue weighted by atomic mass is 10.2. The van der Waals surface area contributed by atoms with E-state index in [4.69, 9.17) is 4.74 Å². The first-order valence-electron chi connectivity index (χ1n) is 7.32. The van der Waals surface area contributed by atoms with Gasteiger partial charge in [-0.3, -0.25) is 0 Å². The average molecular weight is 337 g/mol. The second-order valence-electron chi connectivity index (χ2n) is 5.46. The molecule has 23 heavy (non-hydrogen) atoms. The SMILES string of the molecule is CO[C@H]1C[C@@H](CO)N(S(=O)(=O)c2cnn(-c3ccccc3)c2)C1. The van der Waals surface area contributed by atoms with Crippen molar-refractivity contribution in [2.24, 2.45) is 0 Å². The van der Waals surface area contributed by atoms with Gasteiger partial charge in [-0.05, 0) is 18.6 Å². The molecular weight excluding hydrogens is 318 g/mol. The molecule has 1 aromatic heterocycles. The third-order valence-electron chi connectivity index (χ3n) is 4.06. The molecule has 124 valence electrons. The summed E-state index contributed by atoms with van der Waals surface area (Å²) in [6.45, 7) is 0.00644. The van der Waals surface area contributed by atoms with Gasteiger partial charge in [-0.25, -0.2) is 13.1 Å². The van der Waals surface area contributed by atoms with Gasteiger partial charge in [0.25, 0.3) is 0 Å². The van der Waals surface area contributed by atoms with Crippen molar-refractivity contribution in [1.29, 1.82) is 0 Å². The fourth-order valence-electron chi connectivity index (χ4n) is 2.77. The van der Waals surface area contributed by atoms with Gasteiger partial charge in [-0.15, -0.1) is 0 Å². The first-order chi connectivity index (χ1) is 11.1. The van der Waals surface area contributed by atoms with Crippen molar-refractivity contribution in [3.63, 3.8) is 0 Å². The highest BCUT2D eigenvalue weighted by atomic mass is 32.2. The highest BCUT2D eigenvalue weighted by molar-refractivity contribution is 7.89. The Hall–Kier alpha value is -1.74. The monoisotopic (exact) mass is 337 g/mol. The summed E-state index contributed by atoms with van der Waals surface area (Å²) in [4.78, 5) is 0.108. The van der Waals surface area contributed by atoms with Crippen LogP contribution in [0.3, 0.4) is 0 Å². The number of sulfonamides is 1. The molecule has 0 saturated carbocycles. The predicted octanol–water partition coefficient (Wildman–Crippen LogP) is 0.643. The molecule has 1 saturated heterocycles. The molecule has 0 bridgehead atoms. The number of aliphatic hydroxyl groups excluding tert-OH is 1. The standard InChI is InChI=1S/C15H19N3O4S/c1-22-14-7-13(11-19)18(9-14)23(20,21)15-8-16-17(10-15)12-5-3-2-4-6-12/h2-6,8,10,13-14,19H,7,9,11H2,1H3/t13-,14-/m0/s1. The van der Waals surface area contributed by atoms with Crippen LogP contribution in [0.2, 0.25) is 0 Å². The third-order valence-corrected chi connectivity index (χ3v) is 5.93. The maximum absolute atomic E-state index is 12.8. The maximum Gasteiger partial charge on any atom is 0.246 e. The van der Waals surface area contributed by atoms with Crippen molar-refractivity contribution in [2.75, 3.05) is 20.3 Å². The van der Waals surface area contributed by atoms with Crippen LogP contribution in [-0.2, 0) is 14.8 Å². The quantitative estimate of drug-likeness (QED) is 0.866. The molecule has 1 fully saturated rings. The van der Waals surface area contributed by atoms with Crippen molar-refractivity contribution in [2.45, 2.75) is 23.5 Å². The highest BCUT2D eigenvalue weighted by Gasteiger charge is 2.40. The summed E-state index contributed by atoms with van der Waals surface area (Å²) in [6, 6.07) is 8.82. The Morgan fingerprint density at radius 3 is 2.74 bits per heavy atom. The number of nitrogens with zero attached hydrogens (tertiary/aromatic N) is 3. The summed E-state index contributed by atoms with van der Waals surface area (Å²) < 4.78 is 33.7. The van der Waals surface area contributed by atoms with Crippen LogP contribution < -0.4 is 0 Å². The van der Waals surface area contributed by atoms with Crippen LogP contribution >= 0.6 is 0 Å². The molecular formula is C15H19N3O4S. The number of aliphatic hydroxyl groups is 1. The normalized spacial score (nSPS) is 22.5. The number of benzene rings is 1. The number of aromatic nitrogens is 2. The molecule has 3 rings (SSSR count). The van der Waals surface area contributed by atoms with E-state index in [2.05, 4.69) is 5.10 Å². The first-order valence-corrected chi connectivity index (χ1v) is 8.76. The number of methoxy groups -OCH3 is 1. The number of hydrogen-bond acceptors (Lipinski definition) is 5. The van der Waals surface area contributed by atoms with Crippen LogP contribution in [0, 0.1) is 0 Å². The molecule has 2 aromatic rings. The summed E-state index contributed by atoms with van der Waals surface area (Å²) in [5, 5.41) is 13.6. The Morgan fingerprint density at radius 2 is 2.09 bits per heavy atom. The van der Waals surface area contributed by atoms with Crippen LogP contribution in [0.5, 0.6) is 0 Å². The van der Waals surface area contributed by atoms with E-state index < -0.39 is 16.1 Å². The minimum atomic E-state index is -3.72. The van der Waals surface area contributed by atoms with E-state index >= 15 is 0 Å². The Bertz CT molecular complexity index is 760. The number of para-hydroxylation sites is 1. The van der Waals surface area contributed by atoms with Gasteiger partial charge in [0, 0.05) is 13.7 Å². The summed E-state index contributed by atoms with van der Waals surface area (Å²) >= 11 is 0. The molecule has 0 unspecified atom stereocenters. The Kier molecular flexibility index (Phi) is 4.49. The van der Waals surface area contributed by atoms with E-state index in [9.17, 15) is 13.5 Å². The molecule has 8 heteroatoms. The second-order valence-corrected chi connectivity index (χ2v) is 7.35. The Morgan fingerprint density at radius 1 is 1.35 bits per heavy atom. The van der Waals surface area contributed by atoms with Crippen LogP contribution in [-0.4, -0.2) is 60.0 Å². The van der Waals surface area contributed by atoms with Crippen molar-refractivity contribution in [3.05, 3.63) is 42.7 Å². The number of hydrogen-bond donors (Lipinski definition) is 1. The summed E-state index contributed by atoms with van der Waals surface area (Å²) in [5.74, 6) is 0. The lowest BCUT2D eigenvalue weighted by Crippen LogP contribution is -2.37. The van der Waals surface area contributed by atoms with Gasteiger partial charge in [0.05, 0.1) is 36.8 Å². The topological polar surface area (TPSA) is 84.7 Å². The van der Waals surface area contributed by atoms with Gasteiger partial charge in [0.15, 0.2) is 0 Å². The summed E-state index contributed by atoms with van der Waals surface area (Å²) in [7, 11) is -2.18. The summed E-state index contributed by atoms with van der Waals surface area (Å²) in [5.41, 5.74) is 0.781. The molecule has 2 heterocycles. The first kappa shape index (κ1) is 16.1. The largest absolute Gasteiger partial charge is 0.395 e. The highest BCUT2D eigenvalue weighted by Crippen LogP contribution is 2.27. The van der Waals surface area contributed by atoms with Crippen LogP contribution in [0.25, 0.3) is 5.69 Å². The third kappa shape index (κ3) is 3.02. The fourth-order valence-corrected chi connectivity index (χ4v) is 4.36. The molecule has 7 nitrogen and oxygen atoms in total. The van der Waals surface area contributed by atoms with Crippen LogP contribution in [0.15, 0.2) is 47.6 Å². The van der Waals surface area contributed by atoms with E-state index in [1.165, 1.54) is 21.4 Å². The minimum Gasteiger partial charge on any atom is -0.395 e. The fraction of sp³-hybridized carbons (Fsp3) is 0.400. The van der Waals surface area contributed by atoms with E-state index in [1.54, 1.807) is 7.11 Å². The van der Waals surface area contributed by atoms with Crippen molar-refractivity contribution in [3.8, 4) is 5.69 Å². The molecule has 0 radical (unpaired) electrons. The van der Waals surface area contributed by atoms with Crippen LogP contribution in [0.4, 0.5) is 0 Å². The maximum atomic E-state index is 12.8. The van der Waals surface area contributed by atoms with Crippen molar-refractivity contribution in [1.82, 2.24) is 14.1 Å². The average Bonchev–Trinajstić information content (AvgIpc) is 3.23. The van der Waals surface area contributed by atoms with E-state index in [1.807, 2.05) is 30.3 Å². The van der Waals surface area contributed by atoms with Crippen molar-refractivity contribution >= 4 is 10.0 Å². The zero-order valence-corrected chi connectivity index (χ0v) is 13.6. The van der Waals surface area contributed by atoms with Gasteiger partial charge in [0.2, 0.25) is 10.0 Å². The molecule has 0 spiro atoms. The zero-order chi connectivity index (χ0) is 16.4. The second kappa shape index (κ2) is 6.40. The molecule has 1 aromatic carbocycles. The van der Waals surface area contributed by atoms with Gasteiger partial charge in [-0.2, -0.15) is 9.40 Å². The van der Waals surface area contributed by atoms with Crippen LogP contribution in [0.1, 0.15) is 6.42 Å². The van der Waals surface area contributed by atoms with Gasteiger partial charge >= 0.3 is 0 Å². The van der Waals surface area contributed by atoms with E-state index in [-0.39, 0.29) is 24.2 Å². The molecule has 0 amide bonds. The van der Waals surface area contributed by atoms with E-state index in [0.29, 0.717) is 6.42 Å². The minimum absolute atomic E-state index is 0.108. The van der Waals surface area contributed by atoms with Gasteiger partial charge in [-0.1, -0.05) is 18.2 Å². The molecule has 1 N–H and O–H groups in total. The Labute approximate surface area is 135 Å². The molecule has 1 aliphatic rings. The lowest BCUT2D eigenvalue weighted by Gasteiger charge is -2.21. The smallest absolute Gasteiger partial charge is 0.246 e. The molecule has 0 aliphatic carbocycles. The Balaban J connectivity index is 1.90. The molecule has 1 aliphatic heterocycles. The van der Waals surface area contributed by atoms with Gasteiger partial charge in [0.1, 0.15) is 4.90 Å². The summed E-state index contributed by atoms with van der Waals surface area (Å²) in [6.07, 6.45) is 3.10. The lowest BCUT2D eigenvalue weighted by molar-refractivity contribution is 0.113. The van der Waals surface area contributed by atoms with E-state index in [0.717, 1.165) is 5.69 Å². The number of rotatable bonds is 5. The predicted molar refractivity (Wildman–Crippen MR) is 83.7 cm³/mol. The van der Waals surface area contributed by atoms with Crippen molar-refractivity contribution < 1.29 is 18.3 Å².